The van der Waals surface area contributed by atoms with Crippen LogP contribution in [-0.2, 0) is 0 Å². The minimum Gasteiger partial charge on any atom is -0.308 e. The second kappa shape index (κ2) is 6.29. The Hall–Kier alpha value is -1.52. The van der Waals surface area contributed by atoms with Gasteiger partial charge in [0.05, 0.1) is 5.69 Å². The van der Waals surface area contributed by atoms with Gasteiger partial charge in [-0.2, -0.15) is 0 Å². The van der Waals surface area contributed by atoms with E-state index in [1.165, 1.54) is 0 Å². The predicted octanol–water partition coefficient (Wildman–Crippen LogP) is 5.36. The van der Waals surface area contributed by atoms with Gasteiger partial charge in [0.15, 0.2) is 0 Å². The maximum atomic E-state index is 12.0. The smallest absolute Gasteiger partial charge is 0.308 e. The van der Waals surface area contributed by atoms with Crippen LogP contribution in [-0.4, -0.2) is 6.03 Å². The topological polar surface area (TPSA) is 41.1 Å². The molecule has 0 spiro atoms. The first-order chi connectivity index (χ1) is 9.45. The number of aryl methyl sites for hydroxylation is 2. The second-order valence-corrected chi connectivity index (χ2v) is 5.79. The highest BCUT2D eigenvalue weighted by Crippen LogP contribution is 2.29. The molecule has 0 atom stereocenters. The lowest BCUT2D eigenvalue weighted by Gasteiger charge is -2.11. The first-order valence-corrected chi connectivity index (χ1v) is 7.23. The summed E-state index contributed by atoms with van der Waals surface area (Å²) in [5, 5.41) is 6.15. The molecule has 104 valence electrons. The molecule has 0 aliphatic carbocycles. The molecule has 3 nitrogen and oxygen atoms in total. The molecule has 0 fully saturated rings. The van der Waals surface area contributed by atoms with E-state index in [1.807, 2.05) is 44.2 Å². The van der Waals surface area contributed by atoms with Crippen molar-refractivity contribution in [2.75, 3.05) is 10.6 Å². The fourth-order valence-corrected chi connectivity index (χ4v) is 2.47. The van der Waals surface area contributed by atoms with Gasteiger partial charge < -0.3 is 10.6 Å². The number of nitrogens with one attached hydrogen (secondary N) is 2. The van der Waals surface area contributed by atoms with Crippen LogP contribution < -0.4 is 10.6 Å². The Morgan fingerprint density at radius 2 is 1.90 bits per heavy atom. The summed E-state index contributed by atoms with van der Waals surface area (Å²) in [4.78, 5) is 12.0. The number of benzene rings is 2. The fraction of sp³-hybridized carbons (Fsp3) is 0.133. The lowest BCUT2D eigenvalue weighted by atomic mass is 10.2. The third-order valence-corrected chi connectivity index (χ3v) is 3.84. The van der Waals surface area contributed by atoms with Crippen molar-refractivity contribution in [2.24, 2.45) is 0 Å². The van der Waals surface area contributed by atoms with Gasteiger partial charge in [-0.05, 0) is 65.2 Å². The van der Waals surface area contributed by atoms with E-state index in [0.717, 1.165) is 21.3 Å². The molecule has 0 bridgehead atoms. The molecule has 20 heavy (non-hydrogen) atoms. The van der Waals surface area contributed by atoms with Crippen LogP contribution in [0.4, 0.5) is 16.2 Å². The van der Waals surface area contributed by atoms with Gasteiger partial charge in [0.1, 0.15) is 0 Å². The number of carbonyl (C=O) groups is 1. The Morgan fingerprint density at radius 3 is 2.60 bits per heavy atom. The number of halogens is 2. The molecule has 0 saturated heterocycles. The summed E-state index contributed by atoms with van der Waals surface area (Å²) >= 11 is 9.46. The highest BCUT2D eigenvalue weighted by atomic mass is 79.9. The molecule has 0 radical (unpaired) electrons. The van der Waals surface area contributed by atoms with Crippen LogP contribution in [0.25, 0.3) is 0 Å². The highest BCUT2D eigenvalue weighted by Gasteiger charge is 2.08. The molecule has 2 aromatic carbocycles. The molecule has 0 heterocycles. The van der Waals surface area contributed by atoms with E-state index in [9.17, 15) is 4.79 Å². The average Bonchev–Trinajstić information content (AvgIpc) is 2.36. The van der Waals surface area contributed by atoms with Gasteiger partial charge in [-0.15, -0.1) is 0 Å². The van der Waals surface area contributed by atoms with Gasteiger partial charge in [0.25, 0.3) is 0 Å². The Balaban J connectivity index is 2.10. The first-order valence-electron chi connectivity index (χ1n) is 6.06. The maximum Gasteiger partial charge on any atom is 0.323 e. The molecule has 0 aliphatic heterocycles. The fourth-order valence-electron chi connectivity index (χ4n) is 1.75. The molecule has 2 aromatic rings. The Kier molecular flexibility index (Phi) is 4.68. The zero-order valence-corrected chi connectivity index (χ0v) is 13.5. The quantitative estimate of drug-likeness (QED) is 0.749. The minimum atomic E-state index is -0.309. The van der Waals surface area contributed by atoms with Crippen molar-refractivity contribution < 1.29 is 4.79 Å². The number of amides is 2. The lowest BCUT2D eigenvalue weighted by Crippen LogP contribution is -2.19. The van der Waals surface area contributed by atoms with E-state index in [4.69, 9.17) is 11.6 Å². The minimum absolute atomic E-state index is 0.309. The van der Waals surface area contributed by atoms with Crippen LogP contribution in [0.15, 0.2) is 40.9 Å². The summed E-state index contributed by atoms with van der Waals surface area (Å²) in [7, 11) is 0. The summed E-state index contributed by atoms with van der Waals surface area (Å²) in [6.07, 6.45) is 0. The highest BCUT2D eigenvalue weighted by molar-refractivity contribution is 9.10. The van der Waals surface area contributed by atoms with Gasteiger partial charge in [-0.1, -0.05) is 23.7 Å². The third kappa shape index (κ3) is 3.74. The van der Waals surface area contributed by atoms with E-state index in [1.54, 1.807) is 6.07 Å². The molecule has 0 aromatic heterocycles. The molecule has 0 aliphatic rings. The molecule has 2 N–H and O–H groups in total. The molecular formula is C15H14BrClN2O. The van der Waals surface area contributed by atoms with Crippen molar-refractivity contribution >= 4 is 44.9 Å². The van der Waals surface area contributed by atoms with Crippen molar-refractivity contribution in [1.82, 2.24) is 0 Å². The number of rotatable bonds is 2. The van der Waals surface area contributed by atoms with Crippen molar-refractivity contribution in [3.8, 4) is 0 Å². The SMILES string of the molecule is Cc1cccc(NC(=O)Nc2cc(Cl)c(C)cc2Br)c1. The van der Waals surface area contributed by atoms with E-state index in [0.29, 0.717) is 10.7 Å². The number of hydrogen-bond acceptors (Lipinski definition) is 1. The summed E-state index contributed by atoms with van der Waals surface area (Å²) in [5.74, 6) is 0. The van der Waals surface area contributed by atoms with Crippen LogP contribution in [0, 0.1) is 13.8 Å². The zero-order chi connectivity index (χ0) is 14.7. The monoisotopic (exact) mass is 352 g/mol. The summed E-state index contributed by atoms with van der Waals surface area (Å²) in [6.45, 7) is 3.88. The Labute approximate surface area is 131 Å². The third-order valence-electron chi connectivity index (χ3n) is 2.77. The number of hydrogen-bond donors (Lipinski definition) is 2. The van der Waals surface area contributed by atoms with Gasteiger partial charge in [0.2, 0.25) is 0 Å². The van der Waals surface area contributed by atoms with Crippen molar-refractivity contribution in [3.63, 3.8) is 0 Å². The largest absolute Gasteiger partial charge is 0.323 e. The van der Waals surface area contributed by atoms with Gasteiger partial charge in [-0.3, -0.25) is 0 Å². The summed E-state index contributed by atoms with van der Waals surface area (Å²) < 4.78 is 0.791. The first kappa shape index (κ1) is 14.9. The van der Waals surface area contributed by atoms with E-state index >= 15 is 0 Å². The van der Waals surface area contributed by atoms with Crippen LogP contribution in [0.3, 0.4) is 0 Å². The van der Waals surface area contributed by atoms with E-state index in [2.05, 4.69) is 26.6 Å². The molecular weight excluding hydrogens is 340 g/mol. The molecule has 5 heteroatoms. The number of urea groups is 1. The van der Waals surface area contributed by atoms with E-state index < -0.39 is 0 Å². The van der Waals surface area contributed by atoms with Gasteiger partial charge in [0, 0.05) is 15.2 Å². The standard InChI is InChI=1S/C15H14BrClN2O/c1-9-4-3-5-11(6-9)18-15(20)19-14-8-13(17)10(2)7-12(14)16/h3-8H,1-2H3,(H2,18,19,20). The van der Waals surface area contributed by atoms with Crippen LogP contribution in [0.1, 0.15) is 11.1 Å². The van der Waals surface area contributed by atoms with Crippen LogP contribution in [0.2, 0.25) is 5.02 Å². The van der Waals surface area contributed by atoms with E-state index in [-0.39, 0.29) is 6.03 Å². The van der Waals surface area contributed by atoms with Crippen molar-refractivity contribution in [2.45, 2.75) is 13.8 Å². The number of carbonyl (C=O) groups excluding carboxylic acids is 1. The predicted molar refractivity (Wildman–Crippen MR) is 87.7 cm³/mol. The molecule has 2 amide bonds. The normalized spacial score (nSPS) is 10.2. The van der Waals surface area contributed by atoms with Crippen LogP contribution in [0.5, 0.6) is 0 Å². The summed E-state index contributed by atoms with van der Waals surface area (Å²) in [6, 6.07) is 10.9. The van der Waals surface area contributed by atoms with Gasteiger partial charge >= 0.3 is 6.03 Å². The second-order valence-electron chi connectivity index (χ2n) is 4.53. The lowest BCUT2D eigenvalue weighted by molar-refractivity contribution is 0.262. The Morgan fingerprint density at radius 1 is 1.15 bits per heavy atom. The molecule has 0 saturated carbocycles. The summed E-state index contributed by atoms with van der Waals surface area (Å²) in [5.41, 5.74) is 3.41. The zero-order valence-electron chi connectivity index (χ0n) is 11.1. The average molecular weight is 354 g/mol. The van der Waals surface area contributed by atoms with Crippen LogP contribution >= 0.6 is 27.5 Å². The number of anilines is 2. The van der Waals surface area contributed by atoms with Crippen molar-refractivity contribution in [1.29, 1.82) is 0 Å². The Bertz CT molecular complexity index is 658. The molecule has 2 rings (SSSR count). The molecule has 0 unspecified atom stereocenters. The van der Waals surface area contributed by atoms with Crippen molar-refractivity contribution in [3.05, 3.63) is 57.0 Å². The maximum absolute atomic E-state index is 12.0. The van der Waals surface area contributed by atoms with Gasteiger partial charge in [-0.25, -0.2) is 4.79 Å².